The Hall–Kier alpha value is -2.32. The number of hydrogen-bond acceptors (Lipinski definition) is 6. The van der Waals surface area contributed by atoms with E-state index in [-0.39, 0.29) is 19.1 Å². The van der Waals surface area contributed by atoms with E-state index in [1.54, 1.807) is 0 Å². The van der Waals surface area contributed by atoms with Crippen LogP contribution in [0.15, 0.2) is 85.1 Å². The van der Waals surface area contributed by atoms with Gasteiger partial charge in [-0.15, -0.1) is 0 Å². The van der Waals surface area contributed by atoms with Crippen molar-refractivity contribution in [3.63, 3.8) is 0 Å². The molecule has 1 amide bonds. The van der Waals surface area contributed by atoms with Gasteiger partial charge in [0, 0.05) is 6.42 Å². The zero-order valence-electron chi connectivity index (χ0n) is 34.2. The van der Waals surface area contributed by atoms with Crippen LogP contribution < -0.4 is 10.2 Å². The number of amides is 1. The van der Waals surface area contributed by atoms with Gasteiger partial charge in [0.15, 0.2) is 0 Å². The second-order valence-electron chi connectivity index (χ2n) is 14.6. The lowest BCUT2D eigenvalue weighted by Crippen LogP contribution is -2.46. The first-order valence-corrected chi connectivity index (χ1v) is 21.9. The third kappa shape index (κ3) is 37.8. The maximum absolute atomic E-state index is 12.7. The minimum atomic E-state index is -4.56. The van der Waals surface area contributed by atoms with Crippen LogP contribution in [0.25, 0.3) is 0 Å². The van der Waals surface area contributed by atoms with Crippen LogP contribution in [0.4, 0.5) is 0 Å². The molecule has 8 nitrogen and oxygen atoms in total. The normalized spacial score (nSPS) is 15.4. The number of nitrogens with one attached hydrogen (secondary N) is 1. The molecule has 0 spiro atoms. The highest BCUT2D eigenvalue weighted by molar-refractivity contribution is 7.45. The number of quaternary nitrogens is 1. The number of rotatable bonds is 35. The molecule has 0 heterocycles. The highest BCUT2D eigenvalue weighted by atomic mass is 31.2. The van der Waals surface area contributed by atoms with Gasteiger partial charge >= 0.3 is 0 Å². The summed E-state index contributed by atoms with van der Waals surface area (Å²) in [5.41, 5.74) is 0. The van der Waals surface area contributed by atoms with Crippen molar-refractivity contribution in [1.82, 2.24) is 5.32 Å². The summed E-state index contributed by atoms with van der Waals surface area (Å²) in [6.45, 7) is 4.47. The van der Waals surface area contributed by atoms with E-state index in [0.29, 0.717) is 23.9 Å². The molecular formula is C44H77N2O6P. The largest absolute Gasteiger partial charge is 0.756 e. The molecule has 0 radical (unpaired) electrons. The molecule has 304 valence electrons. The van der Waals surface area contributed by atoms with E-state index < -0.39 is 20.0 Å². The van der Waals surface area contributed by atoms with Crippen LogP contribution in [0.3, 0.4) is 0 Å². The van der Waals surface area contributed by atoms with Gasteiger partial charge in [-0.1, -0.05) is 144 Å². The van der Waals surface area contributed by atoms with Gasteiger partial charge in [-0.3, -0.25) is 9.36 Å². The zero-order valence-corrected chi connectivity index (χ0v) is 35.1. The molecule has 0 rings (SSSR count). The molecule has 0 aromatic rings. The molecule has 0 aromatic carbocycles. The van der Waals surface area contributed by atoms with Crippen molar-refractivity contribution in [1.29, 1.82) is 0 Å². The van der Waals surface area contributed by atoms with Crippen molar-refractivity contribution < 1.29 is 32.9 Å². The van der Waals surface area contributed by atoms with Crippen LogP contribution in [0, 0.1) is 0 Å². The van der Waals surface area contributed by atoms with Crippen molar-refractivity contribution in [3.8, 4) is 0 Å². The summed E-state index contributed by atoms with van der Waals surface area (Å²) in [5, 5.41) is 13.7. The second kappa shape index (κ2) is 35.4. The highest BCUT2D eigenvalue weighted by Crippen LogP contribution is 2.38. The third-order valence-corrected chi connectivity index (χ3v) is 9.36. The third-order valence-electron chi connectivity index (χ3n) is 8.40. The van der Waals surface area contributed by atoms with E-state index in [9.17, 15) is 19.4 Å². The van der Waals surface area contributed by atoms with Crippen LogP contribution in [0.1, 0.15) is 136 Å². The Labute approximate surface area is 325 Å². The molecular weight excluding hydrogens is 683 g/mol. The Morgan fingerprint density at radius 1 is 0.679 bits per heavy atom. The molecule has 3 atom stereocenters. The molecule has 2 N–H and O–H groups in total. The fourth-order valence-corrected chi connectivity index (χ4v) is 5.86. The van der Waals surface area contributed by atoms with Crippen molar-refractivity contribution in [2.75, 3.05) is 40.9 Å². The first-order valence-electron chi connectivity index (χ1n) is 20.4. The van der Waals surface area contributed by atoms with Crippen molar-refractivity contribution in [3.05, 3.63) is 85.1 Å². The second-order valence-corrected chi connectivity index (χ2v) is 16.0. The summed E-state index contributed by atoms with van der Waals surface area (Å²) in [6.07, 6.45) is 47.6. The summed E-state index contributed by atoms with van der Waals surface area (Å²) in [4.78, 5) is 25.1. The summed E-state index contributed by atoms with van der Waals surface area (Å²) >= 11 is 0. The Morgan fingerprint density at radius 3 is 1.66 bits per heavy atom. The molecule has 0 fully saturated rings. The summed E-state index contributed by atoms with van der Waals surface area (Å²) < 4.78 is 23.0. The summed E-state index contributed by atoms with van der Waals surface area (Å²) in [6, 6.07) is -0.820. The van der Waals surface area contributed by atoms with Gasteiger partial charge in [-0.05, 0) is 70.6 Å². The van der Waals surface area contributed by atoms with Gasteiger partial charge in [0.2, 0.25) is 5.91 Å². The highest BCUT2D eigenvalue weighted by Gasteiger charge is 2.24. The first kappa shape index (κ1) is 50.7. The number of allylic oxidation sites excluding steroid dienone is 14. The zero-order chi connectivity index (χ0) is 39.3. The van der Waals surface area contributed by atoms with Gasteiger partial charge in [0.05, 0.1) is 39.9 Å². The van der Waals surface area contributed by atoms with E-state index in [1.807, 2.05) is 21.1 Å². The molecule has 0 aliphatic heterocycles. The van der Waals surface area contributed by atoms with Crippen LogP contribution in [0.5, 0.6) is 0 Å². The Kier molecular flexibility index (Phi) is 33.8. The van der Waals surface area contributed by atoms with E-state index in [2.05, 4.69) is 104 Å². The van der Waals surface area contributed by atoms with Gasteiger partial charge in [-0.25, -0.2) is 0 Å². The molecule has 0 saturated heterocycles. The lowest BCUT2D eigenvalue weighted by Gasteiger charge is -2.30. The maximum atomic E-state index is 12.7. The molecule has 3 unspecified atom stereocenters. The number of unbranched alkanes of at least 4 members (excludes halogenated alkanes) is 8. The smallest absolute Gasteiger partial charge is 0.268 e. The van der Waals surface area contributed by atoms with Crippen molar-refractivity contribution >= 4 is 13.7 Å². The van der Waals surface area contributed by atoms with E-state index in [1.165, 1.54) is 19.3 Å². The maximum Gasteiger partial charge on any atom is 0.268 e. The molecule has 0 aliphatic rings. The van der Waals surface area contributed by atoms with Gasteiger partial charge in [-0.2, -0.15) is 0 Å². The number of carbonyl (C=O) groups is 1. The lowest BCUT2D eigenvalue weighted by atomic mass is 10.0. The fourth-order valence-electron chi connectivity index (χ4n) is 5.13. The number of likely N-dealkylation sites (N-methyl/N-ethyl adjacent to an activating group) is 1. The van der Waals surface area contributed by atoms with Crippen molar-refractivity contribution in [2.24, 2.45) is 0 Å². The van der Waals surface area contributed by atoms with Crippen LogP contribution in [0.2, 0.25) is 0 Å². The number of aliphatic hydroxyl groups is 1. The average molecular weight is 761 g/mol. The predicted octanol–water partition coefficient (Wildman–Crippen LogP) is 10.4. The monoisotopic (exact) mass is 761 g/mol. The Morgan fingerprint density at radius 2 is 1.15 bits per heavy atom. The molecule has 0 aromatic heterocycles. The number of hydrogen-bond donors (Lipinski definition) is 2. The minimum absolute atomic E-state index is 0.000682. The Bertz CT molecular complexity index is 1140. The molecule has 0 bridgehead atoms. The predicted molar refractivity (Wildman–Crippen MR) is 223 cm³/mol. The number of carbonyl (C=O) groups excluding carboxylic acids is 1. The van der Waals surface area contributed by atoms with E-state index in [0.717, 1.165) is 89.9 Å². The van der Waals surface area contributed by atoms with Gasteiger partial charge in [0.1, 0.15) is 13.2 Å². The van der Waals surface area contributed by atoms with E-state index >= 15 is 0 Å². The number of phosphoric ester groups is 1. The average Bonchev–Trinajstić information content (AvgIpc) is 3.10. The molecule has 0 saturated carbocycles. The quantitative estimate of drug-likeness (QED) is 0.0288. The molecule has 53 heavy (non-hydrogen) atoms. The number of nitrogens with zero attached hydrogens (tertiary/aromatic N) is 1. The summed E-state index contributed by atoms with van der Waals surface area (Å²) in [7, 11) is 1.26. The Balaban J connectivity index is 4.29. The minimum Gasteiger partial charge on any atom is -0.756 e. The first-order chi connectivity index (χ1) is 25.5. The number of aliphatic hydroxyl groups excluding tert-OH is 1. The van der Waals surface area contributed by atoms with Crippen LogP contribution in [-0.2, 0) is 18.4 Å². The lowest BCUT2D eigenvalue weighted by molar-refractivity contribution is -0.870. The van der Waals surface area contributed by atoms with E-state index in [4.69, 9.17) is 9.05 Å². The van der Waals surface area contributed by atoms with Gasteiger partial charge < -0.3 is 28.8 Å². The topological polar surface area (TPSA) is 108 Å². The number of phosphoric acid groups is 1. The fraction of sp³-hybridized carbons (Fsp3) is 0.659. The standard InChI is InChI=1S/C44H77N2O6P/c1-6-8-10-12-14-15-16-17-18-19-20-21-22-23-24-25-26-27-28-29-30-31-32-34-36-38-44(48)45-42(43(47)37-35-33-13-11-9-7-2)41-52-53(49,50)51-40-39-46(3,4)5/h8,10,14-15,17-18,20-21,23-24,26-27,29-30,42-43,47H,6-7,9,11-13,16,19,22,25,28,31-41H2,1-5H3,(H-,45,48,49,50)/b10-8-,15-14-,18-17-,21-20-,24-23-,27-26-,30-29-. The SMILES string of the molecule is CC/C=C\C/C=C\C/C=C\C/C=C\C/C=C\C/C=C\C/C=C\CCCCCC(=O)NC(COP(=O)([O-])OCC[N+](C)(C)C)C(O)CCCCCCCC. The van der Waals surface area contributed by atoms with Crippen LogP contribution in [-0.4, -0.2) is 68.5 Å². The summed E-state index contributed by atoms with van der Waals surface area (Å²) in [5.74, 6) is -0.208. The van der Waals surface area contributed by atoms with Crippen LogP contribution >= 0.6 is 7.82 Å². The van der Waals surface area contributed by atoms with Crippen molar-refractivity contribution in [2.45, 2.75) is 148 Å². The molecule has 0 aliphatic carbocycles. The van der Waals surface area contributed by atoms with Gasteiger partial charge in [0.25, 0.3) is 7.82 Å². The molecule has 9 heteroatoms.